The fraction of sp³-hybridized carbons (Fsp3) is 0.914. The van der Waals surface area contributed by atoms with Gasteiger partial charge in [-0.1, -0.05) is 46.8 Å². The first-order valence-electron chi connectivity index (χ1n) is 16.5. The lowest BCUT2D eigenvalue weighted by Crippen LogP contribution is -2.67. The van der Waals surface area contributed by atoms with Crippen LogP contribution in [0.1, 0.15) is 112 Å². The molecule has 1 saturated heterocycles. The minimum Gasteiger partial charge on any atom is -0.393 e. The number of likely N-dealkylation sites (tertiary alicyclic amines) is 1. The number of nitrogens with one attached hydrogen (secondary N) is 1. The van der Waals surface area contributed by atoms with Crippen LogP contribution in [0.3, 0.4) is 0 Å². The summed E-state index contributed by atoms with van der Waals surface area (Å²) in [6.07, 6.45) is 12.5. The molecule has 39 heavy (non-hydrogen) atoms. The Balaban J connectivity index is 1.35. The zero-order chi connectivity index (χ0) is 28.2. The van der Waals surface area contributed by atoms with Crippen LogP contribution >= 0.6 is 0 Å². The summed E-state index contributed by atoms with van der Waals surface area (Å²) in [5, 5.41) is 14.6. The van der Waals surface area contributed by atoms with E-state index in [2.05, 4.69) is 65.4 Å². The third kappa shape index (κ3) is 3.71. The summed E-state index contributed by atoms with van der Waals surface area (Å²) in [7, 11) is 2.18. The van der Waals surface area contributed by atoms with Gasteiger partial charge in [-0.05, 0) is 142 Å². The fourth-order valence-corrected chi connectivity index (χ4v) is 12.9. The minimum atomic E-state index is -0.212. The molecular formula is C35H58N2O2. The van der Waals surface area contributed by atoms with Gasteiger partial charge < -0.3 is 15.3 Å². The van der Waals surface area contributed by atoms with Gasteiger partial charge >= 0.3 is 0 Å². The molecule has 0 aromatic rings. The monoisotopic (exact) mass is 538 g/mol. The maximum Gasteiger partial charge on any atom is 0.226 e. The van der Waals surface area contributed by atoms with E-state index in [-0.39, 0.29) is 22.3 Å². The molecule has 0 aromatic carbocycles. The van der Waals surface area contributed by atoms with Crippen LogP contribution in [0.2, 0.25) is 0 Å². The summed E-state index contributed by atoms with van der Waals surface area (Å²) in [5.74, 6) is 3.18. The van der Waals surface area contributed by atoms with E-state index >= 15 is 0 Å². The van der Waals surface area contributed by atoms with Gasteiger partial charge in [0.25, 0.3) is 0 Å². The third-order valence-electron chi connectivity index (χ3n) is 15.2. The first-order valence-corrected chi connectivity index (χ1v) is 16.5. The maximum atomic E-state index is 14.3. The summed E-state index contributed by atoms with van der Waals surface area (Å²) < 4.78 is 0. The number of hydrogen-bond donors (Lipinski definition) is 2. The van der Waals surface area contributed by atoms with Crippen LogP contribution in [0.15, 0.2) is 12.2 Å². The molecule has 0 bridgehead atoms. The highest BCUT2D eigenvalue weighted by Crippen LogP contribution is 2.77. The van der Waals surface area contributed by atoms with Gasteiger partial charge in [0, 0.05) is 12.6 Å². The SMILES string of the molecule is C=C(C)[C@@H]1CC[C@]2(C(=O)N[C@@H]3CCN(C)C3)CC[C@]3(C)[C@H](CC[C@@H]4[C@@]5(C)CC[C@H](O)C(C)(C)[C@@H]5CC[C@]43C)[C@@H]12. The Labute approximate surface area is 239 Å². The van der Waals surface area contributed by atoms with Crippen molar-refractivity contribution in [3.63, 3.8) is 0 Å². The Bertz CT molecular complexity index is 1020. The average Bonchev–Trinajstić information content (AvgIpc) is 3.46. The molecule has 220 valence electrons. The van der Waals surface area contributed by atoms with Crippen LogP contribution in [0.4, 0.5) is 0 Å². The summed E-state index contributed by atoms with van der Waals surface area (Å²) in [4.78, 5) is 16.7. The fourth-order valence-electron chi connectivity index (χ4n) is 12.9. The molecule has 6 aliphatic rings. The number of likely N-dealkylation sites (N-methyl/N-ethyl adjacent to an activating group) is 1. The lowest BCUT2D eigenvalue weighted by atomic mass is 9.32. The molecule has 0 spiro atoms. The van der Waals surface area contributed by atoms with Crippen molar-refractivity contribution in [3.05, 3.63) is 12.2 Å². The molecular weight excluding hydrogens is 480 g/mol. The molecule has 5 aliphatic carbocycles. The van der Waals surface area contributed by atoms with Crippen molar-refractivity contribution in [3.8, 4) is 0 Å². The van der Waals surface area contributed by atoms with Crippen LogP contribution in [-0.2, 0) is 4.79 Å². The number of allylic oxidation sites excluding steroid dienone is 1. The summed E-state index contributed by atoms with van der Waals surface area (Å²) >= 11 is 0. The lowest BCUT2D eigenvalue weighted by molar-refractivity contribution is -0.246. The summed E-state index contributed by atoms with van der Waals surface area (Å²) in [6, 6.07) is 0.309. The number of carbonyl (C=O) groups is 1. The number of carbonyl (C=O) groups excluding carboxylic acids is 1. The van der Waals surface area contributed by atoms with Crippen molar-refractivity contribution in [2.24, 2.45) is 56.7 Å². The van der Waals surface area contributed by atoms with Crippen molar-refractivity contribution in [1.82, 2.24) is 10.2 Å². The van der Waals surface area contributed by atoms with Gasteiger partial charge in [-0.3, -0.25) is 4.79 Å². The number of nitrogens with zero attached hydrogens (tertiary/aromatic N) is 1. The number of amides is 1. The highest BCUT2D eigenvalue weighted by atomic mass is 16.3. The average molecular weight is 539 g/mol. The highest BCUT2D eigenvalue weighted by Gasteiger charge is 2.71. The first-order chi connectivity index (χ1) is 18.2. The van der Waals surface area contributed by atoms with Crippen molar-refractivity contribution in [2.45, 2.75) is 124 Å². The normalized spacial score (nSPS) is 52.8. The summed E-state index contributed by atoms with van der Waals surface area (Å²) in [6.45, 7) is 21.5. The highest BCUT2D eigenvalue weighted by molar-refractivity contribution is 5.84. The van der Waals surface area contributed by atoms with Gasteiger partial charge in [-0.2, -0.15) is 0 Å². The molecule has 1 aliphatic heterocycles. The first kappa shape index (κ1) is 28.3. The predicted molar refractivity (Wildman–Crippen MR) is 159 cm³/mol. The number of rotatable bonds is 3. The van der Waals surface area contributed by atoms with E-state index in [1.165, 1.54) is 44.1 Å². The second-order valence-corrected chi connectivity index (χ2v) is 16.9. The van der Waals surface area contributed by atoms with Crippen molar-refractivity contribution < 1.29 is 9.90 Å². The second kappa shape index (κ2) is 9.06. The third-order valence-corrected chi connectivity index (χ3v) is 15.2. The van der Waals surface area contributed by atoms with Crippen LogP contribution in [0, 0.1) is 56.7 Å². The molecule has 5 saturated carbocycles. The minimum absolute atomic E-state index is 0.00328. The number of fused-ring (bicyclic) bond motifs is 7. The second-order valence-electron chi connectivity index (χ2n) is 16.9. The molecule has 1 heterocycles. The van der Waals surface area contributed by atoms with Crippen LogP contribution < -0.4 is 5.32 Å². The molecule has 0 radical (unpaired) electrons. The van der Waals surface area contributed by atoms with Crippen LogP contribution in [0.25, 0.3) is 0 Å². The smallest absolute Gasteiger partial charge is 0.226 e. The topological polar surface area (TPSA) is 52.6 Å². The zero-order valence-corrected chi connectivity index (χ0v) is 26.2. The van der Waals surface area contributed by atoms with E-state index in [0.29, 0.717) is 52.4 Å². The van der Waals surface area contributed by atoms with E-state index in [1.54, 1.807) is 0 Å². The molecule has 1 amide bonds. The van der Waals surface area contributed by atoms with Crippen molar-refractivity contribution in [2.75, 3.05) is 20.1 Å². The Kier molecular flexibility index (Phi) is 6.57. The number of hydrogen-bond acceptors (Lipinski definition) is 3. The largest absolute Gasteiger partial charge is 0.393 e. The van der Waals surface area contributed by atoms with E-state index in [1.807, 2.05) is 0 Å². The summed E-state index contributed by atoms with van der Waals surface area (Å²) in [5.41, 5.74) is 1.94. The lowest BCUT2D eigenvalue weighted by Gasteiger charge is -2.72. The van der Waals surface area contributed by atoms with Crippen LogP contribution in [-0.4, -0.2) is 48.2 Å². The number of aliphatic hydroxyl groups excluding tert-OH is 1. The molecule has 4 nitrogen and oxygen atoms in total. The van der Waals surface area contributed by atoms with Crippen LogP contribution in [0.5, 0.6) is 0 Å². The predicted octanol–water partition coefficient (Wildman–Crippen LogP) is 6.83. The molecule has 6 rings (SSSR count). The van der Waals surface area contributed by atoms with E-state index in [9.17, 15) is 9.90 Å². The van der Waals surface area contributed by atoms with E-state index in [0.717, 1.165) is 45.2 Å². The molecule has 2 N–H and O–H groups in total. The Hall–Kier alpha value is -0.870. The number of aliphatic hydroxyl groups is 1. The van der Waals surface area contributed by atoms with E-state index in [4.69, 9.17) is 0 Å². The van der Waals surface area contributed by atoms with Gasteiger partial charge in [-0.15, -0.1) is 0 Å². The van der Waals surface area contributed by atoms with E-state index < -0.39 is 0 Å². The standard InChI is InChI=1S/C35H58N2O2/c1-22(2)24-11-17-35(30(39)36-23-14-20-37(8)21-23)19-18-33(6)25(29(24)35)9-10-27-32(5)15-13-28(38)31(3,4)26(32)12-16-34(27,33)7/h23-29,38H,1,9-21H2,2-8H3,(H,36,39)/t23-,24+,25-,26+,27-,28+,29-,32+,33-,34-,35+/m1/s1. The van der Waals surface area contributed by atoms with Gasteiger partial charge in [0.05, 0.1) is 11.5 Å². The Morgan fingerprint density at radius 2 is 1.62 bits per heavy atom. The maximum absolute atomic E-state index is 14.3. The van der Waals surface area contributed by atoms with Gasteiger partial charge in [0.15, 0.2) is 0 Å². The molecule has 0 unspecified atom stereocenters. The van der Waals surface area contributed by atoms with Gasteiger partial charge in [-0.25, -0.2) is 0 Å². The molecule has 11 atom stereocenters. The Morgan fingerprint density at radius 1 is 0.872 bits per heavy atom. The van der Waals surface area contributed by atoms with Crippen molar-refractivity contribution >= 4 is 5.91 Å². The van der Waals surface area contributed by atoms with Crippen molar-refractivity contribution in [1.29, 1.82) is 0 Å². The Morgan fingerprint density at radius 3 is 2.28 bits per heavy atom. The van der Waals surface area contributed by atoms with Gasteiger partial charge in [0.2, 0.25) is 5.91 Å². The van der Waals surface area contributed by atoms with Gasteiger partial charge in [0.1, 0.15) is 0 Å². The zero-order valence-electron chi connectivity index (χ0n) is 26.2. The molecule has 6 fully saturated rings. The molecule has 4 heteroatoms. The molecule has 0 aromatic heterocycles. The quantitative estimate of drug-likeness (QED) is 0.388.